The Morgan fingerprint density at radius 1 is 1.60 bits per heavy atom. The minimum absolute atomic E-state index is 0.166. The number of hydrogen-bond acceptors (Lipinski definition) is 3. The molecule has 0 aliphatic heterocycles. The summed E-state index contributed by atoms with van der Waals surface area (Å²) in [5, 5.41) is 3.46. The molecular formula is C10H13ClN2O2. The third-order valence-electron chi connectivity index (χ3n) is 1.77. The molecule has 1 amide bonds. The van der Waals surface area contributed by atoms with Crippen LogP contribution in [0.25, 0.3) is 0 Å². The normalized spacial score (nSPS) is 10.0. The summed E-state index contributed by atoms with van der Waals surface area (Å²) < 4.78 is 5.24. The molecule has 1 rings (SSSR count). The molecule has 15 heavy (non-hydrogen) atoms. The molecule has 0 saturated carbocycles. The van der Waals surface area contributed by atoms with E-state index >= 15 is 0 Å². The van der Waals surface area contributed by atoms with Crippen LogP contribution in [0.4, 0.5) is 0 Å². The molecule has 0 spiro atoms. The van der Waals surface area contributed by atoms with Gasteiger partial charge in [-0.05, 0) is 13.1 Å². The Balaban J connectivity index is 2.86. The van der Waals surface area contributed by atoms with Gasteiger partial charge in [0.05, 0.1) is 5.02 Å². The van der Waals surface area contributed by atoms with E-state index in [1.54, 1.807) is 6.07 Å². The largest absolute Gasteiger partial charge is 0.482 e. The van der Waals surface area contributed by atoms with Gasteiger partial charge in [-0.25, -0.2) is 0 Å². The molecule has 0 aliphatic rings. The number of benzene rings is 1. The summed E-state index contributed by atoms with van der Waals surface area (Å²) in [5.74, 6) is -0.0161. The molecule has 1 aromatic rings. The first kappa shape index (κ1) is 11.8. The minimum Gasteiger partial charge on any atom is -0.482 e. The van der Waals surface area contributed by atoms with E-state index in [-0.39, 0.29) is 6.61 Å². The van der Waals surface area contributed by atoms with E-state index in [4.69, 9.17) is 22.1 Å². The molecule has 5 heteroatoms. The van der Waals surface area contributed by atoms with Crippen LogP contribution in [-0.2, 0) is 11.3 Å². The van der Waals surface area contributed by atoms with Gasteiger partial charge in [0.15, 0.2) is 6.61 Å². The number of ether oxygens (including phenoxy) is 1. The number of carbonyl (C=O) groups is 1. The third-order valence-corrected chi connectivity index (χ3v) is 2.07. The van der Waals surface area contributed by atoms with Gasteiger partial charge in [0.1, 0.15) is 5.75 Å². The van der Waals surface area contributed by atoms with Crippen molar-refractivity contribution in [3.63, 3.8) is 0 Å². The molecule has 0 unspecified atom stereocenters. The van der Waals surface area contributed by atoms with Crippen molar-refractivity contribution in [2.45, 2.75) is 6.54 Å². The molecular weight excluding hydrogens is 216 g/mol. The molecule has 0 bridgehead atoms. The summed E-state index contributed by atoms with van der Waals surface area (Å²) in [4.78, 5) is 10.6. The predicted molar refractivity (Wildman–Crippen MR) is 58.9 cm³/mol. The molecule has 3 N–H and O–H groups in total. The van der Waals surface area contributed by atoms with Crippen molar-refractivity contribution in [2.24, 2.45) is 5.73 Å². The number of hydrogen-bond donors (Lipinski definition) is 2. The fourth-order valence-corrected chi connectivity index (χ4v) is 1.44. The standard InChI is InChI=1S/C10H13ClN2O2/c1-13-5-7-3-2-4-8(11)10(7)15-6-9(12)14/h2-4,13H,5-6H2,1H3,(H2,12,14). The van der Waals surface area contributed by atoms with Crippen molar-refractivity contribution < 1.29 is 9.53 Å². The van der Waals surface area contributed by atoms with Crippen molar-refractivity contribution in [2.75, 3.05) is 13.7 Å². The highest BCUT2D eigenvalue weighted by molar-refractivity contribution is 6.32. The van der Waals surface area contributed by atoms with Gasteiger partial charge in [0.2, 0.25) is 0 Å². The SMILES string of the molecule is CNCc1cccc(Cl)c1OCC(N)=O. The lowest BCUT2D eigenvalue weighted by molar-refractivity contribution is -0.119. The van der Waals surface area contributed by atoms with Gasteiger partial charge < -0.3 is 15.8 Å². The molecule has 1 aromatic carbocycles. The molecule has 0 atom stereocenters. The van der Waals surface area contributed by atoms with Crippen LogP contribution in [0.2, 0.25) is 5.02 Å². The van der Waals surface area contributed by atoms with E-state index in [9.17, 15) is 4.79 Å². The second kappa shape index (κ2) is 5.58. The van der Waals surface area contributed by atoms with Crippen molar-refractivity contribution >= 4 is 17.5 Å². The van der Waals surface area contributed by atoms with E-state index in [0.717, 1.165) is 5.56 Å². The average Bonchev–Trinajstić information content (AvgIpc) is 2.17. The van der Waals surface area contributed by atoms with Crippen LogP contribution in [0.1, 0.15) is 5.56 Å². The average molecular weight is 229 g/mol. The van der Waals surface area contributed by atoms with Crippen LogP contribution in [0.15, 0.2) is 18.2 Å². The molecule has 0 saturated heterocycles. The first-order chi connectivity index (χ1) is 7.15. The maximum atomic E-state index is 10.6. The monoisotopic (exact) mass is 228 g/mol. The Bertz CT molecular complexity index is 355. The first-order valence-corrected chi connectivity index (χ1v) is 4.86. The quantitative estimate of drug-likeness (QED) is 0.788. The van der Waals surface area contributed by atoms with Gasteiger partial charge in [-0.1, -0.05) is 23.7 Å². The molecule has 0 fully saturated rings. The summed E-state index contributed by atoms with van der Waals surface area (Å²) in [6.07, 6.45) is 0. The van der Waals surface area contributed by atoms with Crippen LogP contribution in [0, 0.1) is 0 Å². The Kier molecular flexibility index (Phi) is 4.39. The second-order valence-electron chi connectivity index (χ2n) is 3.01. The molecule has 0 aromatic heterocycles. The molecule has 0 aliphatic carbocycles. The number of nitrogens with one attached hydrogen (secondary N) is 1. The molecule has 0 heterocycles. The van der Waals surface area contributed by atoms with E-state index in [0.29, 0.717) is 17.3 Å². The Morgan fingerprint density at radius 2 is 2.33 bits per heavy atom. The summed E-state index contributed by atoms with van der Waals surface area (Å²) >= 11 is 5.94. The minimum atomic E-state index is -0.523. The Hall–Kier alpha value is -1.26. The maximum absolute atomic E-state index is 10.6. The Morgan fingerprint density at radius 3 is 2.93 bits per heavy atom. The van der Waals surface area contributed by atoms with Gasteiger partial charge in [-0.2, -0.15) is 0 Å². The lowest BCUT2D eigenvalue weighted by atomic mass is 10.2. The molecule has 0 radical (unpaired) electrons. The summed E-state index contributed by atoms with van der Waals surface area (Å²) in [5.41, 5.74) is 5.89. The van der Waals surface area contributed by atoms with E-state index in [1.165, 1.54) is 0 Å². The van der Waals surface area contributed by atoms with Crippen LogP contribution in [0.3, 0.4) is 0 Å². The van der Waals surface area contributed by atoms with Crippen molar-refractivity contribution in [3.05, 3.63) is 28.8 Å². The second-order valence-corrected chi connectivity index (χ2v) is 3.42. The Labute approximate surface area is 93.4 Å². The number of primary amides is 1. The number of carbonyl (C=O) groups excluding carboxylic acids is 1. The highest BCUT2D eigenvalue weighted by atomic mass is 35.5. The van der Waals surface area contributed by atoms with Crippen LogP contribution < -0.4 is 15.8 Å². The van der Waals surface area contributed by atoms with Gasteiger partial charge in [-0.15, -0.1) is 0 Å². The van der Waals surface area contributed by atoms with E-state index in [1.807, 2.05) is 19.2 Å². The van der Waals surface area contributed by atoms with Gasteiger partial charge in [0, 0.05) is 12.1 Å². The zero-order valence-corrected chi connectivity index (χ0v) is 9.17. The zero-order chi connectivity index (χ0) is 11.3. The molecule has 4 nitrogen and oxygen atoms in total. The van der Waals surface area contributed by atoms with Crippen molar-refractivity contribution in [1.82, 2.24) is 5.32 Å². The van der Waals surface area contributed by atoms with Crippen molar-refractivity contribution in [1.29, 1.82) is 0 Å². The van der Waals surface area contributed by atoms with Gasteiger partial charge in [-0.3, -0.25) is 4.79 Å². The summed E-state index contributed by atoms with van der Waals surface area (Å²) in [7, 11) is 1.82. The highest BCUT2D eigenvalue weighted by Crippen LogP contribution is 2.28. The van der Waals surface area contributed by atoms with E-state index < -0.39 is 5.91 Å². The lowest BCUT2D eigenvalue weighted by Gasteiger charge is -2.11. The fraction of sp³-hybridized carbons (Fsp3) is 0.300. The highest BCUT2D eigenvalue weighted by Gasteiger charge is 2.08. The number of amides is 1. The molecule has 82 valence electrons. The topological polar surface area (TPSA) is 64.3 Å². The van der Waals surface area contributed by atoms with Gasteiger partial charge in [0.25, 0.3) is 5.91 Å². The zero-order valence-electron chi connectivity index (χ0n) is 8.42. The number of rotatable bonds is 5. The number of halogens is 1. The van der Waals surface area contributed by atoms with Gasteiger partial charge >= 0.3 is 0 Å². The summed E-state index contributed by atoms with van der Waals surface area (Å²) in [6.45, 7) is 0.453. The maximum Gasteiger partial charge on any atom is 0.255 e. The first-order valence-electron chi connectivity index (χ1n) is 4.48. The number of para-hydroxylation sites is 1. The third kappa shape index (κ3) is 3.42. The van der Waals surface area contributed by atoms with Crippen LogP contribution >= 0.6 is 11.6 Å². The fourth-order valence-electron chi connectivity index (χ4n) is 1.19. The van der Waals surface area contributed by atoms with Crippen LogP contribution in [-0.4, -0.2) is 19.6 Å². The predicted octanol–water partition coefficient (Wildman–Crippen LogP) is 0.924. The van der Waals surface area contributed by atoms with E-state index in [2.05, 4.69) is 5.32 Å². The van der Waals surface area contributed by atoms with Crippen molar-refractivity contribution in [3.8, 4) is 5.75 Å². The van der Waals surface area contributed by atoms with Crippen LogP contribution in [0.5, 0.6) is 5.75 Å². The summed E-state index contributed by atoms with van der Waals surface area (Å²) in [6, 6.07) is 5.40. The number of nitrogens with two attached hydrogens (primary N) is 1. The lowest BCUT2D eigenvalue weighted by Crippen LogP contribution is -2.21. The smallest absolute Gasteiger partial charge is 0.255 e.